The van der Waals surface area contributed by atoms with Gasteiger partial charge in [0.2, 0.25) is 5.91 Å². The predicted molar refractivity (Wildman–Crippen MR) is 87.2 cm³/mol. The average molecular weight is 360 g/mol. The highest BCUT2D eigenvalue weighted by Crippen LogP contribution is 2.36. The van der Waals surface area contributed by atoms with Crippen LogP contribution in [0.2, 0.25) is 5.02 Å². The molecule has 0 aliphatic carbocycles. The molecule has 110 valence electrons. The van der Waals surface area contributed by atoms with Crippen LogP contribution in [-0.4, -0.2) is 19.0 Å². The molecule has 1 aromatic carbocycles. The second-order valence-electron chi connectivity index (χ2n) is 5.36. The summed E-state index contributed by atoms with van der Waals surface area (Å²) < 4.78 is 0.818. The van der Waals surface area contributed by atoms with E-state index >= 15 is 0 Å². The highest BCUT2D eigenvalue weighted by molar-refractivity contribution is 9.10. The van der Waals surface area contributed by atoms with E-state index in [4.69, 9.17) is 11.6 Å². The first-order valence-corrected chi connectivity index (χ1v) is 8.22. The fourth-order valence-corrected chi connectivity index (χ4v) is 3.60. The molecular formula is C15H20BrClN2O. The molecule has 3 nitrogen and oxygen atoms in total. The molecule has 1 aliphatic heterocycles. The maximum atomic E-state index is 12.7. The van der Waals surface area contributed by atoms with Crippen LogP contribution < -0.4 is 10.6 Å². The number of benzene rings is 1. The zero-order valence-corrected chi connectivity index (χ0v) is 14.0. The summed E-state index contributed by atoms with van der Waals surface area (Å²) in [6, 6.07) is 5.42. The molecule has 0 bridgehead atoms. The smallest absolute Gasteiger partial charge is 0.230 e. The van der Waals surface area contributed by atoms with Gasteiger partial charge in [0.25, 0.3) is 0 Å². The lowest BCUT2D eigenvalue weighted by Crippen LogP contribution is -2.44. The molecule has 0 aromatic heterocycles. The standard InChI is InChI=1S/C15H20BrClN2O/c1-2-5-15(6-8-18-9-7-15)14(20)19-13-4-3-11(17)10-12(13)16/h3-4,10,18H,2,5-9H2,1H3,(H,19,20). The molecule has 0 atom stereocenters. The number of hydrogen-bond donors (Lipinski definition) is 2. The topological polar surface area (TPSA) is 41.1 Å². The van der Waals surface area contributed by atoms with Crippen molar-refractivity contribution in [2.45, 2.75) is 32.6 Å². The van der Waals surface area contributed by atoms with Gasteiger partial charge >= 0.3 is 0 Å². The van der Waals surface area contributed by atoms with Crippen LogP contribution in [0.3, 0.4) is 0 Å². The molecule has 0 spiro atoms. The van der Waals surface area contributed by atoms with E-state index < -0.39 is 0 Å². The summed E-state index contributed by atoms with van der Waals surface area (Å²) in [6.07, 6.45) is 3.76. The number of halogens is 2. The van der Waals surface area contributed by atoms with E-state index in [-0.39, 0.29) is 11.3 Å². The largest absolute Gasteiger partial charge is 0.325 e. The van der Waals surface area contributed by atoms with Crippen molar-refractivity contribution in [1.82, 2.24) is 5.32 Å². The number of hydrogen-bond acceptors (Lipinski definition) is 2. The van der Waals surface area contributed by atoms with Crippen molar-refractivity contribution in [3.8, 4) is 0 Å². The molecular weight excluding hydrogens is 340 g/mol. The van der Waals surface area contributed by atoms with E-state index in [9.17, 15) is 4.79 Å². The fraction of sp³-hybridized carbons (Fsp3) is 0.533. The van der Waals surface area contributed by atoms with Crippen molar-refractivity contribution in [2.24, 2.45) is 5.41 Å². The Morgan fingerprint density at radius 1 is 1.45 bits per heavy atom. The number of carbonyl (C=O) groups is 1. The Kier molecular flexibility index (Phi) is 5.47. The van der Waals surface area contributed by atoms with Gasteiger partial charge < -0.3 is 10.6 Å². The van der Waals surface area contributed by atoms with Gasteiger partial charge in [-0.25, -0.2) is 0 Å². The van der Waals surface area contributed by atoms with E-state index in [1.807, 2.05) is 6.07 Å². The second-order valence-corrected chi connectivity index (χ2v) is 6.65. The van der Waals surface area contributed by atoms with Crippen LogP contribution >= 0.6 is 27.5 Å². The van der Waals surface area contributed by atoms with Crippen molar-refractivity contribution in [3.05, 3.63) is 27.7 Å². The first-order chi connectivity index (χ1) is 9.57. The maximum Gasteiger partial charge on any atom is 0.230 e. The van der Waals surface area contributed by atoms with Gasteiger partial charge in [0.15, 0.2) is 0 Å². The third-order valence-electron chi connectivity index (χ3n) is 3.95. The Bertz CT molecular complexity index is 481. The van der Waals surface area contributed by atoms with Crippen LogP contribution in [0.15, 0.2) is 22.7 Å². The van der Waals surface area contributed by atoms with Gasteiger partial charge in [0, 0.05) is 9.50 Å². The second kappa shape index (κ2) is 6.92. The summed E-state index contributed by atoms with van der Waals surface area (Å²) in [5, 5.41) is 7.04. The summed E-state index contributed by atoms with van der Waals surface area (Å²) in [4.78, 5) is 12.7. The number of nitrogens with one attached hydrogen (secondary N) is 2. The maximum absolute atomic E-state index is 12.7. The predicted octanol–water partition coefficient (Wildman–Crippen LogP) is 4.21. The van der Waals surface area contributed by atoms with E-state index in [1.54, 1.807) is 12.1 Å². The van der Waals surface area contributed by atoms with Gasteiger partial charge in [0.1, 0.15) is 0 Å². The van der Waals surface area contributed by atoms with Crippen molar-refractivity contribution < 1.29 is 4.79 Å². The van der Waals surface area contributed by atoms with Gasteiger partial charge in [-0.05, 0) is 66.5 Å². The number of carbonyl (C=O) groups excluding carboxylic acids is 1. The molecule has 2 rings (SSSR count). The van der Waals surface area contributed by atoms with Crippen LogP contribution in [0, 0.1) is 5.41 Å². The molecule has 1 fully saturated rings. The number of piperidine rings is 1. The minimum Gasteiger partial charge on any atom is -0.325 e. The van der Waals surface area contributed by atoms with Crippen LogP contribution in [-0.2, 0) is 4.79 Å². The van der Waals surface area contributed by atoms with E-state index in [1.165, 1.54) is 0 Å². The minimum absolute atomic E-state index is 0.129. The van der Waals surface area contributed by atoms with Crippen LogP contribution in [0.25, 0.3) is 0 Å². The van der Waals surface area contributed by atoms with Crippen molar-refractivity contribution in [1.29, 1.82) is 0 Å². The zero-order valence-electron chi connectivity index (χ0n) is 11.6. The third-order valence-corrected chi connectivity index (χ3v) is 4.84. The minimum atomic E-state index is -0.237. The molecule has 1 heterocycles. The lowest BCUT2D eigenvalue weighted by Gasteiger charge is -2.36. The molecule has 1 amide bonds. The first kappa shape index (κ1) is 15.8. The van der Waals surface area contributed by atoms with Crippen LogP contribution in [0.5, 0.6) is 0 Å². The quantitative estimate of drug-likeness (QED) is 0.845. The Balaban J connectivity index is 2.15. The lowest BCUT2D eigenvalue weighted by molar-refractivity contribution is -0.127. The summed E-state index contributed by atoms with van der Waals surface area (Å²) in [7, 11) is 0. The summed E-state index contributed by atoms with van der Waals surface area (Å²) in [5.41, 5.74) is 0.549. The van der Waals surface area contributed by atoms with Crippen LogP contribution in [0.1, 0.15) is 32.6 Å². The summed E-state index contributed by atoms with van der Waals surface area (Å²) >= 11 is 9.37. The molecule has 0 saturated carbocycles. The first-order valence-electron chi connectivity index (χ1n) is 7.04. The SMILES string of the molecule is CCCC1(C(=O)Nc2ccc(Cl)cc2Br)CCNCC1. The van der Waals surface area contributed by atoms with E-state index in [0.29, 0.717) is 5.02 Å². The van der Waals surface area contributed by atoms with E-state index in [0.717, 1.165) is 48.9 Å². The van der Waals surface area contributed by atoms with Gasteiger partial charge in [-0.2, -0.15) is 0 Å². The molecule has 0 radical (unpaired) electrons. The van der Waals surface area contributed by atoms with Crippen LogP contribution in [0.4, 0.5) is 5.69 Å². The Labute approximate surface area is 133 Å². The van der Waals surface area contributed by atoms with Crippen molar-refractivity contribution >= 4 is 39.1 Å². The lowest BCUT2D eigenvalue weighted by atomic mass is 9.74. The molecule has 5 heteroatoms. The molecule has 0 unspecified atom stereocenters. The Hall–Kier alpha value is -0.580. The average Bonchev–Trinajstić information content (AvgIpc) is 2.43. The van der Waals surface area contributed by atoms with Gasteiger partial charge in [0.05, 0.1) is 11.1 Å². The molecule has 1 aromatic rings. The molecule has 20 heavy (non-hydrogen) atoms. The summed E-state index contributed by atoms with van der Waals surface area (Å²) in [5.74, 6) is 0.129. The van der Waals surface area contributed by atoms with E-state index in [2.05, 4.69) is 33.5 Å². The van der Waals surface area contributed by atoms with Gasteiger partial charge in [-0.3, -0.25) is 4.79 Å². The van der Waals surface area contributed by atoms with Gasteiger partial charge in [-0.15, -0.1) is 0 Å². The number of amides is 1. The third kappa shape index (κ3) is 3.54. The monoisotopic (exact) mass is 358 g/mol. The van der Waals surface area contributed by atoms with Crippen molar-refractivity contribution in [3.63, 3.8) is 0 Å². The van der Waals surface area contributed by atoms with Crippen molar-refractivity contribution in [2.75, 3.05) is 18.4 Å². The zero-order chi connectivity index (χ0) is 14.6. The highest BCUT2D eigenvalue weighted by Gasteiger charge is 2.38. The fourth-order valence-electron chi connectivity index (χ4n) is 2.82. The normalized spacial score (nSPS) is 17.8. The molecule has 1 aliphatic rings. The molecule has 1 saturated heterocycles. The molecule has 2 N–H and O–H groups in total. The summed E-state index contributed by atoms with van der Waals surface area (Å²) in [6.45, 7) is 3.96. The Morgan fingerprint density at radius 2 is 2.15 bits per heavy atom. The number of rotatable bonds is 4. The highest BCUT2D eigenvalue weighted by atomic mass is 79.9. The Morgan fingerprint density at radius 3 is 2.75 bits per heavy atom. The number of anilines is 1. The van der Waals surface area contributed by atoms with Gasteiger partial charge in [-0.1, -0.05) is 24.9 Å².